The molecule has 0 spiro atoms. The van der Waals surface area contributed by atoms with Gasteiger partial charge in [-0.1, -0.05) is 38.3 Å². The number of para-hydroxylation sites is 1. The Balaban J connectivity index is 1.57. The second-order valence-electron chi connectivity index (χ2n) is 7.14. The smallest absolute Gasteiger partial charge is 0.258 e. The third-order valence-corrected chi connectivity index (χ3v) is 5.16. The first-order chi connectivity index (χ1) is 12.7. The van der Waals surface area contributed by atoms with Crippen LogP contribution in [0.1, 0.15) is 44.9 Å². The predicted octanol–water partition coefficient (Wildman–Crippen LogP) is 2.44. The molecule has 0 atom stereocenters. The van der Waals surface area contributed by atoms with Gasteiger partial charge in [0.2, 0.25) is 5.91 Å². The van der Waals surface area contributed by atoms with Crippen LogP contribution in [0.5, 0.6) is 0 Å². The van der Waals surface area contributed by atoms with Gasteiger partial charge in [-0.25, -0.2) is 4.98 Å². The van der Waals surface area contributed by atoms with E-state index in [2.05, 4.69) is 15.3 Å². The van der Waals surface area contributed by atoms with Gasteiger partial charge in [-0.3, -0.25) is 14.5 Å². The standard InChI is InChI=1S/C20H28N4O2/c1-2-24(14-19(25)21-12-15-8-4-3-5-9-15)13-18-22-17-11-7-6-10-16(17)20(26)23-18/h6-7,10-11,15H,2-5,8-9,12-14H2,1H3,(H,21,25)(H,22,23,26). The molecule has 1 aromatic heterocycles. The number of carbonyl (C=O) groups is 1. The van der Waals surface area contributed by atoms with Gasteiger partial charge in [-0.2, -0.15) is 0 Å². The van der Waals surface area contributed by atoms with Crippen molar-refractivity contribution in [1.29, 1.82) is 0 Å². The van der Waals surface area contributed by atoms with Crippen molar-refractivity contribution < 1.29 is 4.79 Å². The molecule has 1 aliphatic rings. The molecule has 1 amide bonds. The second kappa shape index (κ2) is 8.94. The fourth-order valence-electron chi connectivity index (χ4n) is 3.61. The molecule has 3 rings (SSSR count). The van der Waals surface area contributed by atoms with Crippen molar-refractivity contribution in [2.45, 2.75) is 45.6 Å². The van der Waals surface area contributed by atoms with Crippen LogP contribution in [0.2, 0.25) is 0 Å². The zero-order chi connectivity index (χ0) is 18.4. The van der Waals surface area contributed by atoms with Gasteiger partial charge in [0.1, 0.15) is 5.82 Å². The second-order valence-corrected chi connectivity index (χ2v) is 7.14. The Hall–Kier alpha value is -2.21. The molecular formula is C20H28N4O2. The fraction of sp³-hybridized carbons (Fsp3) is 0.550. The summed E-state index contributed by atoms with van der Waals surface area (Å²) in [6, 6.07) is 7.30. The number of hydrogen-bond acceptors (Lipinski definition) is 4. The first-order valence-electron chi connectivity index (χ1n) is 9.62. The van der Waals surface area contributed by atoms with Crippen molar-refractivity contribution in [2.75, 3.05) is 19.6 Å². The summed E-state index contributed by atoms with van der Waals surface area (Å²) in [6.07, 6.45) is 6.33. The number of amides is 1. The largest absolute Gasteiger partial charge is 0.355 e. The zero-order valence-electron chi connectivity index (χ0n) is 15.5. The number of rotatable bonds is 7. The quantitative estimate of drug-likeness (QED) is 0.799. The van der Waals surface area contributed by atoms with Gasteiger partial charge in [-0.15, -0.1) is 0 Å². The van der Waals surface area contributed by atoms with E-state index in [0.717, 1.165) is 6.54 Å². The Morgan fingerprint density at radius 3 is 2.81 bits per heavy atom. The van der Waals surface area contributed by atoms with Gasteiger partial charge < -0.3 is 10.3 Å². The molecule has 2 N–H and O–H groups in total. The van der Waals surface area contributed by atoms with Crippen molar-refractivity contribution in [3.05, 3.63) is 40.4 Å². The Morgan fingerprint density at radius 1 is 1.27 bits per heavy atom. The molecular weight excluding hydrogens is 328 g/mol. The number of hydrogen-bond donors (Lipinski definition) is 2. The normalized spacial score (nSPS) is 15.5. The molecule has 0 radical (unpaired) electrons. The Morgan fingerprint density at radius 2 is 2.04 bits per heavy atom. The number of aromatic nitrogens is 2. The number of nitrogens with zero attached hydrogens (tertiary/aromatic N) is 2. The summed E-state index contributed by atoms with van der Waals surface area (Å²) >= 11 is 0. The molecule has 6 heteroatoms. The van der Waals surface area contributed by atoms with Crippen LogP contribution < -0.4 is 10.9 Å². The van der Waals surface area contributed by atoms with Crippen molar-refractivity contribution in [3.63, 3.8) is 0 Å². The minimum absolute atomic E-state index is 0.0422. The van der Waals surface area contributed by atoms with E-state index < -0.39 is 0 Å². The monoisotopic (exact) mass is 356 g/mol. The number of fused-ring (bicyclic) bond motifs is 1. The maximum atomic E-state index is 12.3. The van der Waals surface area contributed by atoms with Crippen LogP contribution in [-0.2, 0) is 11.3 Å². The van der Waals surface area contributed by atoms with Gasteiger partial charge in [0.15, 0.2) is 0 Å². The van der Waals surface area contributed by atoms with Gasteiger partial charge >= 0.3 is 0 Å². The third-order valence-electron chi connectivity index (χ3n) is 5.16. The summed E-state index contributed by atoms with van der Waals surface area (Å²) in [5.74, 6) is 1.26. The van der Waals surface area contributed by atoms with Crippen LogP contribution in [-0.4, -0.2) is 40.4 Å². The lowest BCUT2D eigenvalue weighted by Gasteiger charge is -2.23. The summed E-state index contributed by atoms with van der Waals surface area (Å²) in [4.78, 5) is 33.8. The maximum Gasteiger partial charge on any atom is 0.258 e. The highest BCUT2D eigenvalue weighted by Gasteiger charge is 2.16. The lowest BCUT2D eigenvalue weighted by molar-refractivity contribution is -0.122. The van der Waals surface area contributed by atoms with Crippen LogP contribution in [0, 0.1) is 5.92 Å². The van der Waals surface area contributed by atoms with Crippen LogP contribution in [0.4, 0.5) is 0 Å². The Kier molecular flexibility index (Phi) is 6.39. The summed E-state index contributed by atoms with van der Waals surface area (Å²) in [6.45, 7) is 4.27. The number of likely N-dealkylation sites (N-methyl/N-ethyl adjacent to an activating group) is 1. The third kappa shape index (κ3) is 4.91. The SMILES string of the molecule is CCN(CC(=O)NCC1CCCCC1)Cc1nc2ccccc2c(=O)[nH]1. The molecule has 1 fully saturated rings. The molecule has 1 heterocycles. The van der Waals surface area contributed by atoms with Crippen molar-refractivity contribution in [2.24, 2.45) is 5.92 Å². The van der Waals surface area contributed by atoms with Gasteiger partial charge in [0.25, 0.3) is 5.56 Å². The molecule has 0 aliphatic heterocycles. The average Bonchev–Trinajstić information content (AvgIpc) is 2.67. The number of carbonyl (C=O) groups excluding carboxylic acids is 1. The highest BCUT2D eigenvalue weighted by Crippen LogP contribution is 2.22. The minimum Gasteiger partial charge on any atom is -0.355 e. The van der Waals surface area contributed by atoms with Crippen molar-refractivity contribution >= 4 is 16.8 Å². The number of nitrogens with one attached hydrogen (secondary N) is 2. The summed E-state index contributed by atoms with van der Waals surface area (Å²) < 4.78 is 0. The van der Waals surface area contributed by atoms with Crippen LogP contribution in [0.3, 0.4) is 0 Å². The van der Waals surface area contributed by atoms with Crippen LogP contribution in [0.25, 0.3) is 10.9 Å². The number of benzene rings is 1. The highest BCUT2D eigenvalue weighted by molar-refractivity contribution is 5.78. The van der Waals surface area contributed by atoms with Gasteiger partial charge in [-0.05, 0) is 37.4 Å². The van der Waals surface area contributed by atoms with E-state index in [1.165, 1.54) is 32.1 Å². The van der Waals surface area contributed by atoms with E-state index in [0.29, 0.717) is 42.3 Å². The van der Waals surface area contributed by atoms with E-state index in [1.54, 1.807) is 6.07 Å². The molecule has 0 unspecified atom stereocenters. The predicted molar refractivity (Wildman–Crippen MR) is 103 cm³/mol. The highest BCUT2D eigenvalue weighted by atomic mass is 16.2. The van der Waals surface area contributed by atoms with E-state index in [-0.39, 0.29) is 11.5 Å². The number of H-pyrrole nitrogens is 1. The summed E-state index contributed by atoms with van der Waals surface area (Å²) in [5.41, 5.74) is 0.549. The van der Waals surface area contributed by atoms with Gasteiger partial charge in [0, 0.05) is 6.54 Å². The Bertz CT molecular complexity index is 796. The Labute approximate surface area is 154 Å². The summed E-state index contributed by atoms with van der Waals surface area (Å²) in [5, 5.41) is 3.66. The lowest BCUT2D eigenvalue weighted by atomic mass is 9.89. The molecule has 140 valence electrons. The van der Waals surface area contributed by atoms with Crippen molar-refractivity contribution in [3.8, 4) is 0 Å². The lowest BCUT2D eigenvalue weighted by Crippen LogP contribution is -2.39. The first-order valence-corrected chi connectivity index (χ1v) is 9.62. The maximum absolute atomic E-state index is 12.3. The zero-order valence-corrected chi connectivity index (χ0v) is 15.5. The summed E-state index contributed by atoms with van der Waals surface area (Å²) in [7, 11) is 0. The van der Waals surface area contributed by atoms with E-state index in [4.69, 9.17) is 0 Å². The first kappa shape index (κ1) is 18.6. The molecule has 1 aliphatic carbocycles. The molecule has 2 aromatic rings. The topological polar surface area (TPSA) is 78.1 Å². The fourth-order valence-corrected chi connectivity index (χ4v) is 3.61. The molecule has 0 bridgehead atoms. The van der Waals surface area contributed by atoms with Crippen molar-refractivity contribution in [1.82, 2.24) is 20.2 Å². The van der Waals surface area contributed by atoms with E-state index in [1.807, 2.05) is 30.0 Å². The van der Waals surface area contributed by atoms with E-state index >= 15 is 0 Å². The van der Waals surface area contributed by atoms with Gasteiger partial charge in [0.05, 0.1) is 24.0 Å². The molecule has 1 saturated carbocycles. The molecule has 6 nitrogen and oxygen atoms in total. The minimum atomic E-state index is -0.136. The van der Waals surface area contributed by atoms with Crippen LogP contribution >= 0.6 is 0 Å². The number of aromatic amines is 1. The van der Waals surface area contributed by atoms with E-state index in [9.17, 15) is 9.59 Å². The van der Waals surface area contributed by atoms with Crippen LogP contribution in [0.15, 0.2) is 29.1 Å². The molecule has 1 aromatic carbocycles. The average molecular weight is 356 g/mol. The molecule has 0 saturated heterocycles. The molecule has 26 heavy (non-hydrogen) atoms.